The number of anilines is 1. The van der Waals surface area contributed by atoms with Gasteiger partial charge in [-0.3, -0.25) is 0 Å². The van der Waals surface area contributed by atoms with Crippen LogP contribution in [0.25, 0.3) is 0 Å². The summed E-state index contributed by atoms with van der Waals surface area (Å²) in [6, 6.07) is 28.8. The van der Waals surface area contributed by atoms with Gasteiger partial charge in [0.1, 0.15) is 5.54 Å². The minimum Gasteiger partial charge on any atom is -0.476 e. The van der Waals surface area contributed by atoms with Crippen LogP contribution in [-0.2, 0) is 15.2 Å². The lowest BCUT2D eigenvalue weighted by Gasteiger charge is -2.36. The monoisotopic (exact) mass is 512 g/mol. The summed E-state index contributed by atoms with van der Waals surface area (Å²) in [5.74, 6) is -2.00. The van der Waals surface area contributed by atoms with Crippen LogP contribution in [-0.4, -0.2) is 38.9 Å². The summed E-state index contributed by atoms with van der Waals surface area (Å²) in [5.41, 5.74) is 0.834. The summed E-state index contributed by atoms with van der Waals surface area (Å²) >= 11 is 0.851. The Morgan fingerprint density at radius 1 is 0.889 bits per heavy atom. The van der Waals surface area contributed by atoms with E-state index in [1.165, 1.54) is 0 Å². The molecular weight excluding hydrogens is 493 g/mol. The van der Waals surface area contributed by atoms with Crippen LogP contribution in [0.3, 0.4) is 0 Å². The van der Waals surface area contributed by atoms with Crippen LogP contribution < -0.4 is 5.32 Å². The summed E-state index contributed by atoms with van der Waals surface area (Å²) in [5, 5.41) is 16.2. The first-order valence-corrected chi connectivity index (χ1v) is 11.4. The van der Waals surface area contributed by atoms with E-state index in [-0.39, 0.29) is 11.0 Å². The zero-order chi connectivity index (χ0) is 25.6. The van der Waals surface area contributed by atoms with Crippen LogP contribution in [0.5, 0.6) is 0 Å². The molecule has 0 atom stereocenters. The SMILES string of the molecule is O=C(O)/C(=N\OCC(F)(F)F)c1nsc(NC(c2ccccc2)(c2ccccc2)c2ccccc2)n1. The molecule has 2 N–H and O–H groups in total. The first-order chi connectivity index (χ1) is 17.3. The van der Waals surface area contributed by atoms with Gasteiger partial charge in [-0.05, 0) is 16.7 Å². The van der Waals surface area contributed by atoms with E-state index in [1.54, 1.807) is 0 Å². The summed E-state index contributed by atoms with van der Waals surface area (Å²) in [7, 11) is 0. The number of aliphatic carboxylic acids is 1. The molecule has 4 rings (SSSR count). The molecule has 3 aromatic carbocycles. The molecule has 0 aliphatic rings. The number of hydrogen-bond donors (Lipinski definition) is 2. The van der Waals surface area contributed by atoms with Crippen LogP contribution in [0.4, 0.5) is 18.3 Å². The normalized spacial score (nSPS) is 12.2. The highest BCUT2D eigenvalue weighted by atomic mass is 32.1. The van der Waals surface area contributed by atoms with Crippen molar-refractivity contribution in [3.8, 4) is 0 Å². The predicted molar refractivity (Wildman–Crippen MR) is 129 cm³/mol. The van der Waals surface area contributed by atoms with Gasteiger partial charge in [0, 0.05) is 11.5 Å². The third-order valence-electron chi connectivity index (χ3n) is 5.14. The van der Waals surface area contributed by atoms with E-state index in [2.05, 4.69) is 24.7 Å². The van der Waals surface area contributed by atoms with Crippen molar-refractivity contribution >= 4 is 28.3 Å². The molecule has 0 saturated carbocycles. The van der Waals surface area contributed by atoms with Gasteiger partial charge in [-0.2, -0.15) is 22.5 Å². The summed E-state index contributed by atoms with van der Waals surface area (Å²) in [4.78, 5) is 20.0. The molecule has 1 aromatic heterocycles. The summed E-state index contributed by atoms with van der Waals surface area (Å²) < 4.78 is 41.2. The topological polar surface area (TPSA) is 96.7 Å². The first-order valence-electron chi connectivity index (χ1n) is 10.6. The predicted octanol–water partition coefficient (Wildman–Crippen LogP) is 5.31. The Balaban J connectivity index is 1.79. The molecule has 7 nitrogen and oxygen atoms in total. The molecule has 0 bridgehead atoms. The van der Waals surface area contributed by atoms with E-state index in [1.807, 2.05) is 91.0 Å². The first kappa shape index (κ1) is 24.9. The van der Waals surface area contributed by atoms with Gasteiger partial charge in [-0.15, -0.1) is 0 Å². The van der Waals surface area contributed by atoms with E-state index in [9.17, 15) is 23.1 Å². The lowest BCUT2D eigenvalue weighted by molar-refractivity contribution is -0.174. The van der Waals surface area contributed by atoms with Crippen molar-refractivity contribution in [2.45, 2.75) is 11.7 Å². The van der Waals surface area contributed by atoms with Crippen molar-refractivity contribution in [1.29, 1.82) is 0 Å². The highest BCUT2D eigenvalue weighted by Crippen LogP contribution is 2.40. The number of halogens is 3. The molecule has 0 unspecified atom stereocenters. The van der Waals surface area contributed by atoms with Gasteiger partial charge in [0.05, 0.1) is 0 Å². The molecule has 0 spiro atoms. The van der Waals surface area contributed by atoms with Gasteiger partial charge in [0.25, 0.3) is 0 Å². The Morgan fingerprint density at radius 2 is 1.36 bits per heavy atom. The molecule has 4 aromatic rings. The Bertz CT molecular complexity index is 1230. The molecule has 0 aliphatic carbocycles. The number of rotatable bonds is 9. The minimum absolute atomic E-state index is 0.228. The van der Waals surface area contributed by atoms with Crippen molar-refractivity contribution in [2.75, 3.05) is 11.9 Å². The van der Waals surface area contributed by atoms with Crippen molar-refractivity contribution in [3.05, 3.63) is 114 Å². The summed E-state index contributed by atoms with van der Waals surface area (Å²) in [6.45, 7) is -1.74. The van der Waals surface area contributed by atoms with Gasteiger partial charge in [-0.1, -0.05) is 96.2 Å². The molecule has 0 fully saturated rings. The highest BCUT2D eigenvalue weighted by Gasteiger charge is 2.37. The number of carboxylic acids is 1. The standard InChI is InChI=1S/C25H19F3N4O3S/c26-24(27,28)16-35-31-20(22(33)34)21-29-23(36-32-21)30-25(17-10-4-1-5-11-17,18-12-6-2-7-13-18)19-14-8-3-9-15-19/h1-15H,16H2,(H,33,34)(H,29,30,32)/b31-20-. The fourth-order valence-electron chi connectivity index (χ4n) is 3.66. The Labute approximate surface area is 208 Å². The molecule has 0 amide bonds. The largest absolute Gasteiger partial charge is 0.476 e. The van der Waals surface area contributed by atoms with Crippen LogP contribution in [0.15, 0.2) is 96.2 Å². The maximum Gasteiger partial charge on any atom is 0.425 e. The van der Waals surface area contributed by atoms with Crippen molar-refractivity contribution in [1.82, 2.24) is 9.36 Å². The second kappa shape index (κ2) is 10.6. The van der Waals surface area contributed by atoms with Crippen LogP contribution in [0.1, 0.15) is 22.5 Å². The second-order valence-electron chi connectivity index (χ2n) is 7.53. The van der Waals surface area contributed by atoms with E-state index in [0.717, 1.165) is 28.2 Å². The third kappa shape index (κ3) is 5.52. The number of benzene rings is 3. The molecule has 184 valence electrons. The third-order valence-corrected chi connectivity index (χ3v) is 5.77. The quantitative estimate of drug-likeness (QED) is 0.179. The van der Waals surface area contributed by atoms with E-state index in [4.69, 9.17) is 0 Å². The number of carboxylic acid groups (broad SMARTS) is 1. The second-order valence-corrected chi connectivity index (χ2v) is 8.28. The van der Waals surface area contributed by atoms with Gasteiger partial charge in [0.15, 0.2) is 0 Å². The fraction of sp³-hybridized carbons (Fsp3) is 0.120. The number of carbonyl (C=O) groups is 1. The van der Waals surface area contributed by atoms with Crippen LogP contribution in [0, 0.1) is 0 Å². The Hall–Kier alpha value is -4.25. The van der Waals surface area contributed by atoms with E-state index in [0.29, 0.717) is 0 Å². The maximum atomic E-state index is 12.4. The molecular formula is C25H19F3N4O3S. The van der Waals surface area contributed by atoms with Crippen molar-refractivity contribution in [2.24, 2.45) is 5.16 Å². The van der Waals surface area contributed by atoms with Crippen LogP contribution in [0.2, 0.25) is 0 Å². The Morgan fingerprint density at radius 3 is 1.78 bits per heavy atom. The van der Waals surface area contributed by atoms with Crippen molar-refractivity contribution < 1.29 is 27.9 Å². The van der Waals surface area contributed by atoms with E-state index < -0.39 is 30.0 Å². The summed E-state index contributed by atoms with van der Waals surface area (Å²) in [6.07, 6.45) is -4.67. The zero-order valence-corrected chi connectivity index (χ0v) is 19.3. The van der Waals surface area contributed by atoms with E-state index >= 15 is 0 Å². The molecule has 1 heterocycles. The molecule has 11 heteroatoms. The molecule has 36 heavy (non-hydrogen) atoms. The molecule has 0 saturated heterocycles. The lowest BCUT2D eigenvalue weighted by atomic mass is 9.77. The number of hydrogen-bond acceptors (Lipinski definition) is 7. The zero-order valence-electron chi connectivity index (χ0n) is 18.5. The number of aromatic nitrogens is 2. The molecule has 0 aliphatic heterocycles. The number of nitrogens with zero attached hydrogens (tertiary/aromatic N) is 3. The van der Waals surface area contributed by atoms with Crippen LogP contribution >= 0.6 is 11.5 Å². The highest BCUT2D eigenvalue weighted by molar-refractivity contribution is 7.09. The number of oxime groups is 1. The van der Waals surface area contributed by atoms with Gasteiger partial charge >= 0.3 is 12.1 Å². The minimum atomic E-state index is -4.67. The maximum absolute atomic E-state index is 12.4. The smallest absolute Gasteiger partial charge is 0.425 e. The average molecular weight is 513 g/mol. The van der Waals surface area contributed by atoms with Gasteiger partial charge < -0.3 is 15.3 Å². The Kier molecular flexibility index (Phi) is 7.30. The average Bonchev–Trinajstić information content (AvgIpc) is 3.34. The fourth-order valence-corrected chi connectivity index (χ4v) is 4.28. The van der Waals surface area contributed by atoms with Gasteiger partial charge in [-0.25, -0.2) is 4.79 Å². The number of nitrogens with one attached hydrogen (secondary N) is 1. The lowest BCUT2D eigenvalue weighted by Crippen LogP contribution is -2.38. The van der Waals surface area contributed by atoms with Crippen molar-refractivity contribution in [3.63, 3.8) is 0 Å². The number of alkyl halides is 3. The molecule has 0 radical (unpaired) electrons. The van der Waals surface area contributed by atoms with Gasteiger partial charge in [0.2, 0.25) is 23.3 Å².